The Hall–Kier alpha value is -3.72. The number of aromatic amines is 1. The highest BCUT2D eigenvalue weighted by Gasteiger charge is 2.23. The van der Waals surface area contributed by atoms with Gasteiger partial charge in [-0.2, -0.15) is 0 Å². The topological polar surface area (TPSA) is 121 Å². The molecule has 170 valence electrons. The van der Waals surface area contributed by atoms with Gasteiger partial charge >= 0.3 is 0 Å². The normalized spacial score (nSPS) is 19.5. The van der Waals surface area contributed by atoms with Gasteiger partial charge in [0, 0.05) is 43.1 Å². The van der Waals surface area contributed by atoms with E-state index in [9.17, 15) is 0 Å². The molecule has 0 aliphatic carbocycles. The van der Waals surface area contributed by atoms with E-state index in [0.29, 0.717) is 17.9 Å². The summed E-state index contributed by atoms with van der Waals surface area (Å²) in [6, 6.07) is 10.8. The molecule has 0 amide bonds. The summed E-state index contributed by atoms with van der Waals surface area (Å²) < 4.78 is 0. The molecule has 5 heterocycles. The molecular weight excluding hydrogens is 414 g/mol. The van der Waals surface area contributed by atoms with Crippen LogP contribution < -0.4 is 21.3 Å². The first-order valence-corrected chi connectivity index (χ1v) is 11.3. The maximum atomic E-state index is 5.91. The van der Waals surface area contributed by atoms with Crippen molar-refractivity contribution >= 4 is 28.5 Å². The van der Waals surface area contributed by atoms with Gasteiger partial charge in [-0.25, -0.2) is 19.9 Å². The zero-order valence-electron chi connectivity index (χ0n) is 19.1. The van der Waals surface area contributed by atoms with E-state index in [0.717, 1.165) is 52.6 Å². The molecule has 0 bridgehead atoms. The molecule has 1 aliphatic heterocycles. The summed E-state index contributed by atoms with van der Waals surface area (Å²) in [5.41, 5.74) is 9.56. The summed E-state index contributed by atoms with van der Waals surface area (Å²) in [5.74, 6) is 2.22. The molecule has 4 aromatic heterocycles. The fourth-order valence-electron chi connectivity index (χ4n) is 4.57. The molecular formula is C24H29N9. The lowest BCUT2D eigenvalue weighted by atomic mass is 10.1. The van der Waals surface area contributed by atoms with Crippen LogP contribution in [0.1, 0.15) is 32.5 Å². The Morgan fingerprint density at radius 1 is 1.12 bits per heavy atom. The number of nitrogens with one attached hydrogen (secondary N) is 3. The molecule has 5 N–H and O–H groups in total. The second kappa shape index (κ2) is 8.67. The number of hydrogen-bond donors (Lipinski definition) is 4. The molecule has 0 radical (unpaired) electrons. The van der Waals surface area contributed by atoms with E-state index in [1.807, 2.05) is 18.3 Å². The number of nitrogens with two attached hydrogens (primary N) is 1. The standard InChI is InChI=1S/C24H29N9/c1-14-11-33(12-15(2)30-14)21-6-4-5-19(32-21)16(3)31-24-22-18(10-27-23(22)28-13-29-24)17-7-8-26-20(25)9-17/h4-10,13-16,30H,11-12H2,1-3H3,(H2,25,26)(H2,27,28,29,31)/t14-,15+,16?. The highest BCUT2D eigenvalue weighted by Crippen LogP contribution is 2.33. The van der Waals surface area contributed by atoms with Crippen molar-refractivity contribution in [2.75, 3.05) is 29.0 Å². The quantitative estimate of drug-likeness (QED) is 0.371. The molecule has 1 aliphatic rings. The first kappa shape index (κ1) is 21.1. The third-order valence-corrected chi connectivity index (χ3v) is 6.00. The van der Waals surface area contributed by atoms with Gasteiger partial charge in [-0.15, -0.1) is 0 Å². The Morgan fingerprint density at radius 2 is 1.94 bits per heavy atom. The van der Waals surface area contributed by atoms with Gasteiger partial charge < -0.3 is 26.3 Å². The van der Waals surface area contributed by atoms with Gasteiger partial charge in [0.25, 0.3) is 0 Å². The zero-order chi connectivity index (χ0) is 22.9. The van der Waals surface area contributed by atoms with Crippen molar-refractivity contribution in [3.63, 3.8) is 0 Å². The van der Waals surface area contributed by atoms with E-state index < -0.39 is 0 Å². The third kappa shape index (κ3) is 4.31. The maximum absolute atomic E-state index is 5.91. The Balaban J connectivity index is 1.44. The van der Waals surface area contributed by atoms with Gasteiger partial charge in [0.05, 0.1) is 17.1 Å². The summed E-state index contributed by atoms with van der Waals surface area (Å²) in [4.78, 5) is 23.6. The Labute approximate surface area is 192 Å². The lowest BCUT2D eigenvalue weighted by Gasteiger charge is -2.37. The molecule has 9 nitrogen and oxygen atoms in total. The second-order valence-electron chi connectivity index (χ2n) is 8.78. The van der Waals surface area contributed by atoms with Gasteiger partial charge in [0.1, 0.15) is 29.4 Å². The van der Waals surface area contributed by atoms with Crippen LogP contribution >= 0.6 is 0 Å². The fourth-order valence-corrected chi connectivity index (χ4v) is 4.57. The number of hydrogen-bond acceptors (Lipinski definition) is 8. The number of H-pyrrole nitrogens is 1. The highest BCUT2D eigenvalue weighted by atomic mass is 15.3. The van der Waals surface area contributed by atoms with Gasteiger partial charge in [0.15, 0.2) is 0 Å². The molecule has 0 spiro atoms. The first-order chi connectivity index (χ1) is 16.0. The van der Waals surface area contributed by atoms with Crippen LogP contribution in [0.25, 0.3) is 22.2 Å². The van der Waals surface area contributed by atoms with E-state index in [2.05, 4.69) is 74.4 Å². The van der Waals surface area contributed by atoms with Crippen LogP contribution in [-0.4, -0.2) is 50.1 Å². The van der Waals surface area contributed by atoms with Gasteiger partial charge in [-0.3, -0.25) is 0 Å². The maximum Gasteiger partial charge on any atom is 0.143 e. The molecule has 1 saturated heterocycles. The summed E-state index contributed by atoms with van der Waals surface area (Å²) in [6.07, 6.45) is 5.19. The number of anilines is 3. The van der Waals surface area contributed by atoms with Crippen molar-refractivity contribution in [1.29, 1.82) is 0 Å². The second-order valence-corrected chi connectivity index (χ2v) is 8.78. The van der Waals surface area contributed by atoms with Crippen LogP contribution in [0.2, 0.25) is 0 Å². The number of pyridine rings is 2. The Morgan fingerprint density at radius 3 is 2.73 bits per heavy atom. The lowest BCUT2D eigenvalue weighted by molar-refractivity contribution is 0.405. The predicted molar refractivity (Wildman–Crippen MR) is 132 cm³/mol. The molecule has 1 fully saturated rings. The molecule has 9 heteroatoms. The van der Waals surface area contributed by atoms with Crippen LogP contribution in [-0.2, 0) is 0 Å². The van der Waals surface area contributed by atoms with E-state index in [1.54, 1.807) is 12.5 Å². The van der Waals surface area contributed by atoms with Crippen molar-refractivity contribution in [3.8, 4) is 11.1 Å². The Bertz CT molecular complexity index is 1260. The number of piperazine rings is 1. The monoisotopic (exact) mass is 443 g/mol. The SMILES string of the molecule is CC(Nc1ncnc2[nH]cc(-c3ccnc(N)c3)c12)c1cccc(N2C[C@@H](C)N[C@@H](C)C2)n1. The van der Waals surface area contributed by atoms with Crippen molar-refractivity contribution in [1.82, 2.24) is 30.2 Å². The van der Waals surface area contributed by atoms with Crippen molar-refractivity contribution in [2.24, 2.45) is 0 Å². The minimum absolute atomic E-state index is 0.0499. The van der Waals surface area contributed by atoms with Crippen LogP contribution in [0.4, 0.5) is 17.5 Å². The average molecular weight is 444 g/mol. The predicted octanol–water partition coefficient (Wildman–Crippen LogP) is 3.36. The third-order valence-electron chi connectivity index (χ3n) is 6.00. The number of nitrogen functional groups attached to an aromatic ring is 1. The molecule has 0 aromatic carbocycles. The Kier molecular flexibility index (Phi) is 5.55. The van der Waals surface area contributed by atoms with E-state index in [1.165, 1.54) is 0 Å². The molecule has 1 unspecified atom stereocenters. The van der Waals surface area contributed by atoms with Crippen LogP contribution in [0.3, 0.4) is 0 Å². The van der Waals surface area contributed by atoms with Gasteiger partial charge in [0.2, 0.25) is 0 Å². The molecule has 33 heavy (non-hydrogen) atoms. The molecule has 4 aromatic rings. The molecule has 5 rings (SSSR count). The minimum atomic E-state index is -0.0499. The van der Waals surface area contributed by atoms with Crippen molar-refractivity contribution in [3.05, 3.63) is 54.7 Å². The van der Waals surface area contributed by atoms with E-state index in [4.69, 9.17) is 10.7 Å². The summed E-state index contributed by atoms with van der Waals surface area (Å²) in [6.45, 7) is 8.40. The van der Waals surface area contributed by atoms with Crippen LogP contribution in [0.5, 0.6) is 0 Å². The van der Waals surface area contributed by atoms with Crippen molar-refractivity contribution < 1.29 is 0 Å². The number of fused-ring (bicyclic) bond motifs is 1. The average Bonchev–Trinajstić information content (AvgIpc) is 3.24. The first-order valence-electron chi connectivity index (χ1n) is 11.3. The van der Waals surface area contributed by atoms with Crippen molar-refractivity contribution in [2.45, 2.75) is 38.9 Å². The highest BCUT2D eigenvalue weighted by molar-refractivity contribution is 6.01. The summed E-state index contributed by atoms with van der Waals surface area (Å²) in [5, 5.41) is 8.04. The van der Waals surface area contributed by atoms with Gasteiger partial charge in [-0.05, 0) is 50.6 Å². The summed E-state index contributed by atoms with van der Waals surface area (Å²) >= 11 is 0. The number of nitrogens with zero attached hydrogens (tertiary/aromatic N) is 5. The smallest absolute Gasteiger partial charge is 0.143 e. The summed E-state index contributed by atoms with van der Waals surface area (Å²) in [7, 11) is 0. The largest absolute Gasteiger partial charge is 0.384 e. The lowest BCUT2D eigenvalue weighted by Crippen LogP contribution is -2.54. The van der Waals surface area contributed by atoms with E-state index >= 15 is 0 Å². The van der Waals surface area contributed by atoms with E-state index in [-0.39, 0.29) is 6.04 Å². The molecule has 3 atom stereocenters. The number of aromatic nitrogens is 5. The minimum Gasteiger partial charge on any atom is -0.384 e. The van der Waals surface area contributed by atoms with Crippen LogP contribution in [0.15, 0.2) is 49.1 Å². The van der Waals surface area contributed by atoms with Gasteiger partial charge in [-0.1, -0.05) is 6.07 Å². The van der Waals surface area contributed by atoms with Crippen LogP contribution in [0, 0.1) is 0 Å². The number of rotatable bonds is 5. The zero-order valence-corrected chi connectivity index (χ0v) is 19.1. The fraction of sp³-hybridized carbons (Fsp3) is 0.333. The molecule has 0 saturated carbocycles.